The van der Waals surface area contributed by atoms with E-state index in [1.807, 2.05) is 30.3 Å². The minimum Gasteiger partial charge on any atom is -0.452 e. The summed E-state index contributed by atoms with van der Waals surface area (Å²) in [6.07, 6.45) is 0. The maximum absolute atomic E-state index is 13.6. The number of hydrogen-bond donors (Lipinski definition) is 1. The Kier molecular flexibility index (Phi) is 6.84. The number of aromatic nitrogens is 2. The topological polar surface area (TPSA) is 73.2 Å². The molecule has 8 heteroatoms. The zero-order valence-electron chi connectivity index (χ0n) is 16.6. The van der Waals surface area contributed by atoms with Gasteiger partial charge in [0.15, 0.2) is 6.61 Å². The SMILES string of the molecule is Cc1ccc(CNC(=O)COC(=O)c2c(C)nn(Cc3ccccc3)c2Cl)cc1F. The molecule has 3 aromatic rings. The smallest absolute Gasteiger partial charge is 0.343 e. The maximum Gasteiger partial charge on any atom is 0.343 e. The van der Waals surface area contributed by atoms with Crippen LogP contribution in [0.3, 0.4) is 0 Å². The highest BCUT2D eigenvalue weighted by atomic mass is 35.5. The van der Waals surface area contributed by atoms with Crippen molar-refractivity contribution in [1.29, 1.82) is 0 Å². The third-order valence-corrected chi connectivity index (χ3v) is 4.89. The largest absolute Gasteiger partial charge is 0.452 e. The van der Waals surface area contributed by atoms with E-state index in [1.165, 1.54) is 10.7 Å². The third kappa shape index (κ3) is 5.24. The summed E-state index contributed by atoms with van der Waals surface area (Å²) in [7, 11) is 0. The molecule has 0 atom stereocenters. The van der Waals surface area contributed by atoms with Crippen molar-refractivity contribution >= 4 is 23.5 Å². The molecule has 0 spiro atoms. The van der Waals surface area contributed by atoms with Crippen molar-refractivity contribution in [2.75, 3.05) is 6.61 Å². The second kappa shape index (κ2) is 9.54. The summed E-state index contributed by atoms with van der Waals surface area (Å²) in [4.78, 5) is 24.4. The molecule has 1 aromatic heterocycles. The number of ether oxygens (including phenoxy) is 1. The zero-order valence-corrected chi connectivity index (χ0v) is 17.4. The molecule has 0 fully saturated rings. The third-order valence-electron chi connectivity index (χ3n) is 4.50. The van der Waals surface area contributed by atoms with Crippen molar-refractivity contribution in [2.45, 2.75) is 26.9 Å². The number of rotatable bonds is 7. The van der Waals surface area contributed by atoms with Crippen LogP contribution in [0.4, 0.5) is 4.39 Å². The average Bonchev–Trinajstić information content (AvgIpc) is 3.01. The molecule has 0 aliphatic carbocycles. The fraction of sp³-hybridized carbons (Fsp3) is 0.227. The zero-order chi connectivity index (χ0) is 21.7. The number of nitrogens with zero attached hydrogens (tertiary/aromatic N) is 2. The first kappa shape index (κ1) is 21.5. The highest BCUT2D eigenvalue weighted by Crippen LogP contribution is 2.22. The molecule has 1 heterocycles. The van der Waals surface area contributed by atoms with Gasteiger partial charge in [0.1, 0.15) is 16.5 Å². The lowest BCUT2D eigenvalue weighted by Gasteiger charge is -2.08. The number of halogens is 2. The van der Waals surface area contributed by atoms with E-state index >= 15 is 0 Å². The van der Waals surface area contributed by atoms with Gasteiger partial charge in [-0.2, -0.15) is 5.10 Å². The van der Waals surface area contributed by atoms with E-state index < -0.39 is 18.5 Å². The molecule has 0 radical (unpaired) electrons. The van der Waals surface area contributed by atoms with Crippen molar-refractivity contribution < 1.29 is 18.7 Å². The molecule has 0 saturated heterocycles. The van der Waals surface area contributed by atoms with Gasteiger partial charge in [-0.25, -0.2) is 13.9 Å². The van der Waals surface area contributed by atoms with E-state index in [1.54, 1.807) is 26.0 Å². The molecular formula is C22H21ClFN3O3. The van der Waals surface area contributed by atoms with Crippen molar-refractivity contribution in [2.24, 2.45) is 0 Å². The van der Waals surface area contributed by atoms with Crippen LogP contribution in [0.1, 0.15) is 32.7 Å². The summed E-state index contributed by atoms with van der Waals surface area (Å²) in [5.41, 5.74) is 2.66. The lowest BCUT2D eigenvalue weighted by atomic mass is 10.1. The van der Waals surface area contributed by atoms with Gasteiger partial charge in [0, 0.05) is 6.54 Å². The van der Waals surface area contributed by atoms with Crippen LogP contribution in [-0.4, -0.2) is 28.3 Å². The lowest BCUT2D eigenvalue weighted by molar-refractivity contribution is -0.124. The van der Waals surface area contributed by atoms with E-state index in [9.17, 15) is 14.0 Å². The Morgan fingerprint density at radius 2 is 1.87 bits per heavy atom. The van der Waals surface area contributed by atoms with Crippen LogP contribution in [0, 0.1) is 19.7 Å². The second-order valence-corrected chi connectivity index (χ2v) is 7.19. The Labute approximate surface area is 178 Å². The van der Waals surface area contributed by atoms with Gasteiger partial charge in [0.2, 0.25) is 0 Å². The van der Waals surface area contributed by atoms with E-state index in [4.69, 9.17) is 16.3 Å². The lowest BCUT2D eigenvalue weighted by Crippen LogP contribution is -2.28. The first-order valence-electron chi connectivity index (χ1n) is 9.31. The summed E-state index contributed by atoms with van der Waals surface area (Å²) in [5.74, 6) is -1.58. The summed E-state index contributed by atoms with van der Waals surface area (Å²) in [6, 6.07) is 14.3. The summed E-state index contributed by atoms with van der Waals surface area (Å²) in [6.45, 7) is 3.36. The molecule has 3 rings (SSSR count). The van der Waals surface area contributed by atoms with Crippen LogP contribution >= 0.6 is 11.6 Å². The number of esters is 1. The molecule has 0 bridgehead atoms. The molecule has 0 aliphatic rings. The van der Waals surface area contributed by atoms with E-state index in [-0.39, 0.29) is 23.1 Å². The van der Waals surface area contributed by atoms with Gasteiger partial charge in [0.25, 0.3) is 5.91 Å². The number of hydrogen-bond acceptors (Lipinski definition) is 4. The van der Waals surface area contributed by atoms with Crippen molar-refractivity contribution in [3.05, 3.63) is 87.4 Å². The van der Waals surface area contributed by atoms with Gasteiger partial charge in [-0.05, 0) is 36.6 Å². The first-order valence-corrected chi connectivity index (χ1v) is 9.68. The normalized spacial score (nSPS) is 10.7. The van der Waals surface area contributed by atoms with Crippen LogP contribution in [0.25, 0.3) is 0 Å². The Morgan fingerprint density at radius 1 is 1.13 bits per heavy atom. The van der Waals surface area contributed by atoms with Crippen LogP contribution < -0.4 is 5.32 Å². The first-order chi connectivity index (χ1) is 14.3. The molecule has 1 amide bonds. The monoisotopic (exact) mass is 429 g/mol. The predicted octanol–water partition coefficient (Wildman–Crippen LogP) is 3.81. The molecule has 30 heavy (non-hydrogen) atoms. The highest BCUT2D eigenvalue weighted by molar-refractivity contribution is 6.32. The fourth-order valence-electron chi connectivity index (χ4n) is 2.85. The number of amides is 1. The highest BCUT2D eigenvalue weighted by Gasteiger charge is 2.22. The minimum absolute atomic E-state index is 0.126. The predicted molar refractivity (Wildman–Crippen MR) is 111 cm³/mol. The number of aryl methyl sites for hydroxylation is 2. The standard InChI is InChI=1S/C22H21ClFN3O3/c1-14-8-9-17(10-18(14)24)11-25-19(28)13-30-22(29)20-15(2)26-27(21(20)23)12-16-6-4-3-5-7-16/h3-10H,11-13H2,1-2H3,(H,25,28). The van der Waals surface area contributed by atoms with Crippen LogP contribution in [0.2, 0.25) is 5.15 Å². The number of carbonyl (C=O) groups is 2. The fourth-order valence-corrected chi connectivity index (χ4v) is 3.16. The molecule has 6 nitrogen and oxygen atoms in total. The Balaban J connectivity index is 1.56. The molecule has 0 saturated carbocycles. The number of carbonyl (C=O) groups excluding carboxylic acids is 2. The van der Waals surface area contributed by atoms with Gasteiger partial charge in [-0.3, -0.25) is 4.79 Å². The molecular weight excluding hydrogens is 409 g/mol. The quantitative estimate of drug-likeness (QED) is 0.579. The van der Waals surface area contributed by atoms with Gasteiger partial charge < -0.3 is 10.1 Å². The summed E-state index contributed by atoms with van der Waals surface area (Å²) < 4.78 is 20.2. The molecule has 0 unspecified atom stereocenters. The van der Waals surface area contributed by atoms with Crippen LogP contribution in [-0.2, 0) is 22.6 Å². The van der Waals surface area contributed by atoms with Gasteiger partial charge in [-0.15, -0.1) is 0 Å². The summed E-state index contributed by atoms with van der Waals surface area (Å²) >= 11 is 6.32. The average molecular weight is 430 g/mol. The molecule has 0 aliphatic heterocycles. The number of benzene rings is 2. The molecule has 156 valence electrons. The van der Waals surface area contributed by atoms with E-state index in [0.717, 1.165) is 5.56 Å². The second-order valence-electron chi connectivity index (χ2n) is 6.83. The Hall–Kier alpha value is -3.19. The van der Waals surface area contributed by atoms with Gasteiger partial charge >= 0.3 is 5.97 Å². The van der Waals surface area contributed by atoms with Crippen molar-refractivity contribution in [3.8, 4) is 0 Å². The van der Waals surface area contributed by atoms with Crippen molar-refractivity contribution in [3.63, 3.8) is 0 Å². The summed E-state index contributed by atoms with van der Waals surface area (Å²) in [5, 5.41) is 7.03. The Morgan fingerprint density at radius 3 is 2.57 bits per heavy atom. The minimum atomic E-state index is -0.728. The maximum atomic E-state index is 13.6. The molecule has 2 aromatic carbocycles. The van der Waals surface area contributed by atoms with Gasteiger partial charge in [0.05, 0.1) is 12.2 Å². The number of nitrogens with one attached hydrogen (secondary N) is 1. The molecule has 1 N–H and O–H groups in total. The van der Waals surface area contributed by atoms with Crippen LogP contribution in [0.5, 0.6) is 0 Å². The van der Waals surface area contributed by atoms with E-state index in [0.29, 0.717) is 23.4 Å². The van der Waals surface area contributed by atoms with Crippen molar-refractivity contribution in [1.82, 2.24) is 15.1 Å². The Bertz CT molecular complexity index is 1070. The van der Waals surface area contributed by atoms with Gasteiger partial charge in [-0.1, -0.05) is 54.1 Å². The van der Waals surface area contributed by atoms with E-state index in [2.05, 4.69) is 10.4 Å². The van der Waals surface area contributed by atoms with Crippen LogP contribution in [0.15, 0.2) is 48.5 Å².